The summed E-state index contributed by atoms with van der Waals surface area (Å²) in [6, 6.07) is 8.62. The predicted octanol–water partition coefficient (Wildman–Crippen LogP) is 4.33. The monoisotopic (exact) mass is 399 g/mol. The Morgan fingerprint density at radius 3 is 2.62 bits per heavy atom. The van der Waals surface area contributed by atoms with Crippen LogP contribution in [0.5, 0.6) is 0 Å². The minimum Gasteiger partial charge on any atom is -0.381 e. The second-order valence-electron chi connectivity index (χ2n) is 7.92. The van der Waals surface area contributed by atoms with Gasteiger partial charge < -0.3 is 20.1 Å². The number of benzene rings is 1. The van der Waals surface area contributed by atoms with E-state index in [1.807, 2.05) is 0 Å². The third kappa shape index (κ3) is 8.19. The molecule has 160 valence electrons. The highest BCUT2D eigenvalue weighted by molar-refractivity contribution is 5.79. The van der Waals surface area contributed by atoms with Gasteiger partial charge in [0.1, 0.15) is 0 Å². The van der Waals surface area contributed by atoms with Gasteiger partial charge in [-0.3, -0.25) is 0 Å². The van der Waals surface area contributed by atoms with Crippen molar-refractivity contribution in [3.05, 3.63) is 47.0 Å². The lowest BCUT2D eigenvalue weighted by molar-refractivity contribution is -0.0390. The Bertz CT molecular complexity index is 649. The molecule has 1 aromatic rings. The number of guanidine groups is 1. The molecule has 0 atom stereocenters. The zero-order valence-electron chi connectivity index (χ0n) is 17.9. The molecule has 0 aromatic heterocycles. The van der Waals surface area contributed by atoms with E-state index in [2.05, 4.69) is 47.9 Å². The smallest absolute Gasteiger partial charge is 0.191 e. The van der Waals surface area contributed by atoms with Crippen LogP contribution in [0.3, 0.4) is 0 Å². The van der Waals surface area contributed by atoms with Crippen molar-refractivity contribution in [3.8, 4) is 0 Å². The summed E-state index contributed by atoms with van der Waals surface area (Å²) >= 11 is 0. The van der Waals surface area contributed by atoms with E-state index in [0.717, 1.165) is 51.5 Å². The molecule has 1 saturated heterocycles. The van der Waals surface area contributed by atoms with Crippen molar-refractivity contribution in [3.63, 3.8) is 0 Å². The molecular formula is C24H37N3O2. The summed E-state index contributed by atoms with van der Waals surface area (Å²) in [6.07, 6.45) is 11.1. The molecule has 0 amide bonds. The number of hydrogen-bond donors (Lipinski definition) is 2. The van der Waals surface area contributed by atoms with Crippen molar-refractivity contribution in [1.82, 2.24) is 10.6 Å². The zero-order valence-corrected chi connectivity index (χ0v) is 17.9. The molecule has 0 bridgehead atoms. The Morgan fingerprint density at radius 2 is 1.90 bits per heavy atom. The maximum Gasteiger partial charge on any atom is 0.191 e. The summed E-state index contributed by atoms with van der Waals surface area (Å²) < 4.78 is 11.4. The number of hydrogen-bond acceptors (Lipinski definition) is 3. The maximum atomic E-state index is 6.00. The number of nitrogens with one attached hydrogen (secondary N) is 2. The van der Waals surface area contributed by atoms with Gasteiger partial charge in [-0.05, 0) is 63.0 Å². The van der Waals surface area contributed by atoms with Crippen molar-refractivity contribution < 1.29 is 9.47 Å². The first kappa shape index (κ1) is 21.8. The van der Waals surface area contributed by atoms with Crippen LogP contribution in [0.25, 0.3) is 0 Å². The number of rotatable bonds is 9. The molecule has 29 heavy (non-hydrogen) atoms. The van der Waals surface area contributed by atoms with Gasteiger partial charge in [0.05, 0.1) is 19.3 Å². The van der Waals surface area contributed by atoms with E-state index in [1.165, 1.54) is 36.8 Å². The highest BCUT2D eigenvalue weighted by atomic mass is 16.5. The van der Waals surface area contributed by atoms with Crippen molar-refractivity contribution in [2.75, 3.05) is 26.3 Å². The summed E-state index contributed by atoms with van der Waals surface area (Å²) in [7, 11) is 0. The molecule has 0 spiro atoms. The minimum atomic E-state index is 0.339. The van der Waals surface area contributed by atoms with Gasteiger partial charge in [-0.1, -0.05) is 35.9 Å². The van der Waals surface area contributed by atoms with Crippen LogP contribution < -0.4 is 10.6 Å². The Morgan fingerprint density at radius 1 is 1.10 bits per heavy atom. The molecule has 5 nitrogen and oxygen atoms in total. The summed E-state index contributed by atoms with van der Waals surface area (Å²) in [5.74, 6) is 0.899. The van der Waals surface area contributed by atoms with Gasteiger partial charge in [-0.2, -0.15) is 0 Å². The fourth-order valence-corrected chi connectivity index (χ4v) is 3.78. The van der Waals surface area contributed by atoms with Gasteiger partial charge in [0, 0.05) is 26.3 Å². The second-order valence-corrected chi connectivity index (χ2v) is 7.92. The molecule has 5 heteroatoms. The predicted molar refractivity (Wildman–Crippen MR) is 119 cm³/mol. The molecule has 0 unspecified atom stereocenters. The Hall–Kier alpha value is -1.85. The standard InChI is InChI=1S/C24H37N3O2/c1-2-25-24(26-15-12-20-6-4-3-5-7-20)27-18-21-8-10-22(11-9-21)19-29-23-13-16-28-17-14-23/h6,8-11,23H,2-5,7,12-19H2,1H3,(H2,25,26,27). The van der Waals surface area contributed by atoms with Crippen molar-refractivity contribution in [2.24, 2.45) is 4.99 Å². The first-order chi connectivity index (χ1) is 14.3. The van der Waals surface area contributed by atoms with Crippen LogP contribution in [0.2, 0.25) is 0 Å². The molecule has 2 N–H and O–H groups in total. The Kier molecular flexibility index (Phi) is 9.54. The molecule has 3 rings (SSSR count). The average Bonchev–Trinajstić information content (AvgIpc) is 2.78. The third-order valence-electron chi connectivity index (χ3n) is 5.56. The highest BCUT2D eigenvalue weighted by Crippen LogP contribution is 2.19. The first-order valence-corrected chi connectivity index (χ1v) is 11.3. The lowest BCUT2D eigenvalue weighted by Crippen LogP contribution is -2.37. The zero-order chi connectivity index (χ0) is 20.2. The molecule has 0 saturated carbocycles. The largest absolute Gasteiger partial charge is 0.381 e. The number of nitrogens with zero attached hydrogens (tertiary/aromatic N) is 1. The Balaban J connectivity index is 1.42. The van der Waals surface area contributed by atoms with Crippen LogP contribution in [0.1, 0.15) is 63.0 Å². The fraction of sp³-hybridized carbons (Fsp3) is 0.625. The number of ether oxygens (including phenoxy) is 2. The lowest BCUT2D eigenvalue weighted by Gasteiger charge is -2.22. The van der Waals surface area contributed by atoms with E-state index in [-0.39, 0.29) is 0 Å². The minimum absolute atomic E-state index is 0.339. The van der Waals surface area contributed by atoms with Crippen molar-refractivity contribution >= 4 is 5.96 Å². The van der Waals surface area contributed by atoms with E-state index in [9.17, 15) is 0 Å². The van der Waals surface area contributed by atoms with E-state index in [4.69, 9.17) is 14.5 Å². The van der Waals surface area contributed by atoms with Crippen LogP contribution in [0, 0.1) is 0 Å². The Labute approximate surface area is 176 Å². The normalized spacial score (nSPS) is 18.4. The van der Waals surface area contributed by atoms with Gasteiger partial charge in [0.25, 0.3) is 0 Å². The van der Waals surface area contributed by atoms with Crippen LogP contribution in [0.4, 0.5) is 0 Å². The molecule has 1 fully saturated rings. The molecule has 0 radical (unpaired) electrons. The molecular weight excluding hydrogens is 362 g/mol. The quantitative estimate of drug-likeness (QED) is 0.369. The molecule has 1 heterocycles. The maximum absolute atomic E-state index is 6.00. The van der Waals surface area contributed by atoms with E-state index < -0.39 is 0 Å². The van der Waals surface area contributed by atoms with Crippen molar-refractivity contribution in [2.45, 2.75) is 71.1 Å². The van der Waals surface area contributed by atoms with Gasteiger partial charge in [0.15, 0.2) is 5.96 Å². The number of aliphatic imine (C=N–C) groups is 1. The van der Waals surface area contributed by atoms with Crippen molar-refractivity contribution in [1.29, 1.82) is 0 Å². The third-order valence-corrected chi connectivity index (χ3v) is 5.56. The first-order valence-electron chi connectivity index (χ1n) is 11.3. The summed E-state index contributed by atoms with van der Waals surface area (Å²) in [5.41, 5.74) is 4.03. The van der Waals surface area contributed by atoms with Crippen LogP contribution in [-0.4, -0.2) is 38.4 Å². The summed E-state index contributed by atoms with van der Waals surface area (Å²) in [6.45, 7) is 6.92. The van der Waals surface area contributed by atoms with Gasteiger partial charge in [-0.15, -0.1) is 0 Å². The van der Waals surface area contributed by atoms with Crippen LogP contribution in [0.15, 0.2) is 40.9 Å². The SMILES string of the molecule is CCNC(=NCc1ccc(COC2CCOCC2)cc1)NCCC1=CCCCC1. The second kappa shape index (κ2) is 12.7. The van der Waals surface area contributed by atoms with E-state index in [0.29, 0.717) is 19.3 Å². The van der Waals surface area contributed by atoms with Gasteiger partial charge in [0.2, 0.25) is 0 Å². The average molecular weight is 400 g/mol. The molecule has 1 aromatic carbocycles. The summed E-state index contributed by atoms with van der Waals surface area (Å²) in [4.78, 5) is 4.75. The van der Waals surface area contributed by atoms with Crippen LogP contribution >= 0.6 is 0 Å². The fourth-order valence-electron chi connectivity index (χ4n) is 3.78. The highest BCUT2D eigenvalue weighted by Gasteiger charge is 2.13. The number of allylic oxidation sites excluding steroid dienone is 1. The summed E-state index contributed by atoms with van der Waals surface area (Å²) in [5, 5.41) is 6.82. The topological polar surface area (TPSA) is 54.9 Å². The van der Waals surface area contributed by atoms with Gasteiger partial charge in [-0.25, -0.2) is 4.99 Å². The molecule has 1 aliphatic heterocycles. The molecule has 1 aliphatic carbocycles. The van der Waals surface area contributed by atoms with Crippen LogP contribution in [-0.2, 0) is 22.6 Å². The van der Waals surface area contributed by atoms with Gasteiger partial charge >= 0.3 is 0 Å². The van der Waals surface area contributed by atoms with E-state index in [1.54, 1.807) is 5.57 Å². The lowest BCUT2D eigenvalue weighted by atomic mass is 9.97. The molecule has 2 aliphatic rings. The van der Waals surface area contributed by atoms with E-state index >= 15 is 0 Å².